The average Bonchev–Trinajstić information content (AvgIpc) is 2.78. The maximum Gasteiger partial charge on any atom is 0.127 e. The van der Waals surface area contributed by atoms with Crippen LogP contribution in [0.5, 0.6) is 28.7 Å². The second-order valence-corrected chi connectivity index (χ2v) is 6.54. The summed E-state index contributed by atoms with van der Waals surface area (Å²) in [7, 11) is 0. The molecule has 0 amide bonds. The Bertz CT molecular complexity index is 910. The molecule has 4 aromatic rings. The van der Waals surface area contributed by atoms with Crippen LogP contribution in [0.4, 0.5) is 0 Å². The van der Waals surface area contributed by atoms with Crippen LogP contribution in [-0.2, 0) is 6.42 Å². The van der Waals surface area contributed by atoms with Crippen LogP contribution in [0.1, 0.15) is 5.56 Å². The van der Waals surface area contributed by atoms with Crippen molar-refractivity contribution in [2.24, 2.45) is 0 Å². The fourth-order valence-corrected chi connectivity index (χ4v) is 2.86. The monoisotopic (exact) mass is 382 g/mol. The zero-order valence-electron chi connectivity index (χ0n) is 16.0. The van der Waals surface area contributed by atoms with Gasteiger partial charge in [-0.05, 0) is 66.2 Å². The molecule has 29 heavy (non-hydrogen) atoms. The lowest BCUT2D eigenvalue weighted by Crippen LogP contribution is -2.01. The van der Waals surface area contributed by atoms with E-state index < -0.39 is 0 Å². The summed E-state index contributed by atoms with van der Waals surface area (Å²) < 4.78 is 17.5. The minimum atomic E-state index is 0.609. The zero-order chi connectivity index (χ0) is 19.7. The minimum absolute atomic E-state index is 0.609. The van der Waals surface area contributed by atoms with E-state index in [-0.39, 0.29) is 0 Å². The lowest BCUT2D eigenvalue weighted by molar-refractivity contribution is 0.321. The van der Waals surface area contributed by atoms with E-state index >= 15 is 0 Å². The zero-order valence-corrected chi connectivity index (χ0v) is 16.0. The van der Waals surface area contributed by atoms with Gasteiger partial charge in [0.15, 0.2) is 0 Å². The molecule has 0 aromatic heterocycles. The van der Waals surface area contributed by atoms with Crippen LogP contribution in [0.2, 0.25) is 0 Å². The summed E-state index contributed by atoms with van der Waals surface area (Å²) >= 11 is 0. The first-order valence-corrected chi connectivity index (χ1v) is 9.63. The standard InChI is InChI=1S/C26H22O3/c1-3-7-23(8-4-1)28-25-13-11-21(12-14-25)19-20-27-22-15-17-26(18-16-22)29-24-9-5-2-6-10-24/h1-18H,19-20H2. The molecule has 0 heterocycles. The molecule has 4 rings (SSSR count). The molecule has 0 spiro atoms. The van der Waals surface area contributed by atoms with Gasteiger partial charge in [0.05, 0.1) is 6.61 Å². The molecule has 0 aliphatic heterocycles. The molecular weight excluding hydrogens is 360 g/mol. The Kier molecular flexibility index (Phi) is 6.08. The number of ether oxygens (including phenoxy) is 3. The number of rotatable bonds is 8. The van der Waals surface area contributed by atoms with E-state index in [4.69, 9.17) is 14.2 Å². The van der Waals surface area contributed by atoms with Crippen molar-refractivity contribution in [3.05, 3.63) is 115 Å². The molecule has 0 N–H and O–H groups in total. The van der Waals surface area contributed by atoms with Crippen LogP contribution >= 0.6 is 0 Å². The number of para-hydroxylation sites is 2. The highest BCUT2D eigenvalue weighted by Crippen LogP contribution is 2.24. The molecule has 0 bridgehead atoms. The lowest BCUT2D eigenvalue weighted by Gasteiger charge is -2.09. The molecular formula is C26H22O3. The van der Waals surface area contributed by atoms with Crippen LogP contribution in [0.15, 0.2) is 109 Å². The van der Waals surface area contributed by atoms with Crippen LogP contribution in [0.25, 0.3) is 0 Å². The number of benzene rings is 4. The molecule has 0 unspecified atom stereocenters. The predicted molar refractivity (Wildman–Crippen MR) is 115 cm³/mol. The summed E-state index contributed by atoms with van der Waals surface area (Å²) in [4.78, 5) is 0. The number of hydrogen-bond donors (Lipinski definition) is 0. The van der Waals surface area contributed by atoms with Gasteiger partial charge < -0.3 is 14.2 Å². The molecule has 3 heteroatoms. The molecule has 0 aliphatic carbocycles. The second kappa shape index (κ2) is 9.47. The molecule has 3 nitrogen and oxygen atoms in total. The van der Waals surface area contributed by atoms with Gasteiger partial charge in [0.1, 0.15) is 28.7 Å². The summed E-state index contributed by atoms with van der Waals surface area (Å²) in [6, 6.07) is 35.3. The summed E-state index contributed by atoms with van der Waals surface area (Å²) in [6.07, 6.45) is 0.827. The Labute approximate surface area is 171 Å². The summed E-state index contributed by atoms with van der Waals surface area (Å²) in [6.45, 7) is 0.609. The van der Waals surface area contributed by atoms with E-state index in [9.17, 15) is 0 Å². The smallest absolute Gasteiger partial charge is 0.127 e. The maximum atomic E-state index is 5.85. The predicted octanol–water partition coefficient (Wildman–Crippen LogP) is 6.89. The Morgan fingerprint density at radius 1 is 0.414 bits per heavy atom. The Balaban J connectivity index is 1.24. The molecule has 0 aliphatic rings. The summed E-state index contributed by atoms with van der Waals surface area (Å²) in [5.74, 6) is 4.10. The van der Waals surface area contributed by atoms with Crippen molar-refractivity contribution in [2.45, 2.75) is 6.42 Å². The topological polar surface area (TPSA) is 27.7 Å². The SMILES string of the molecule is c1ccc(Oc2ccc(CCOc3ccc(Oc4ccccc4)cc3)cc2)cc1. The first-order valence-electron chi connectivity index (χ1n) is 9.63. The third-order valence-electron chi connectivity index (χ3n) is 4.36. The quantitative estimate of drug-likeness (QED) is 0.332. The summed E-state index contributed by atoms with van der Waals surface area (Å²) in [5, 5.41) is 0. The minimum Gasteiger partial charge on any atom is -0.493 e. The second-order valence-electron chi connectivity index (χ2n) is 6.54. The summed E-state index contributed by atoms with van der Waals surface area (Å²) in [5.41, 5.74) is 1.20. The number of hydrogen-bond acceptors (Lipinski definition) is 3. The van der Waals surface area contributed by atoms with Gasteiger partial charge >= 0.3 is 0 Å². The van der Waals surface area contributed by atoms with E-state index in [0.29, 0.717) is 6.61 Å². The van der Waals surface area contributed by atoms with Crippen LogP contribution in [0.3, 0.4) is 0 Å². The largest absolute Gasteiger partial charge is 0.493 e. The van der Waals surface area contributed by atoms with Crippen molar-refractivity contribution in [1.29, 1.82) is 0 Å². The molecule has 0 fully saturated rings. The van der Waals surface area contributed by atoms with Gasteiger partial charge in [0.2, 0.25) is 0 Å². The van der Waals surface area contributed by atoms with Gasteiger partial charge in [0, 0.05) is 6.42 Å². The first kappa shape index (κ1) is 18.6. The average molecular weight is 382 g/mol. The van der Waals surface area contributed by atoms with E-state index in [1.165, 1.54) is 5.56 Å². The highest BCUT2D eigenvalue weighted by molar-refractivity contribution is 5.36. The van der Waals surface area contributed by atoms with Crippen molar-refractivity contribution < 1.29 is 14.2 Å². The van der Waals surface area contributed by atoms with Crippen LogP contribution < -0.4 is 14.2 Å². The van der Waals surface area contributed by atoms with Crippen LogP contribution in [-0.4, -0.2) is 6.61 Å². The van der Waals surface area contributed by atoms with Crippen molar-refractivity contribution in [3.63, 3.8) is 0 Å². The van der Waals surface area contributed by atoms with Gasteiger partial charge in [-0.3, -0.25) is 0 Å². The van der Waals surface area contributed by atoms with E-state index in [2.05, 4.69) is 12.1 Å². The van der Waals surface area contributed by atoms with Crippen molar-refractivity contribution >= 4 is 0 Å². The van der Waals surface area contributed by atoms with E-state index in [1.54, 1.807) is 0 Å². The highest BCUT2D eigenvalue weighted by atomic mass is 16.5. The van der Waals surface area contributed by atoms with E-state index in [1.807, 2.05) is 97.1 Å². The first-order chi connectivity index (χ1) is 14.3. The Morgan fingerprint density at radius 3 is 1.34 bits per heavy atom. The maximum absolute atomic E-state index is 5.85. The van der Waals surface area contributed by atoms with Gasteiger partial charge in [-0.1, -0.05) is 48.5 Å². The fourth-order valence-electron chi connectivity index (χ4n) is 2.86. The third-order valence-corrected chi connectivity index (χ3v) is 4.36. The van der Waals surface area contributed by atoms with Gasteiger partial charge in [-0.25, -0.2) is 0 Å². The van der Waals surface area contributed by atoms with Crippen molar-refractivity contribution in [3.8, 4) is 28.7 Å². The van der Waals surface area contributed by atoms with Crippen molar-refractivity contribution in [2.75, 3.05) is 6.61 Å². The highest BCUT2D eigenvalue weighted by Gasteiger charge is 2.01. The van der Waals surface area contributed by atoms with Gasteiger partial charge in [0.25, 0.3) is 0 Å². The molecule has 0 saturated carbocycles. The normalized spacial score (nSPS) is 10.3. The van der Waals surface area contributed by atoms with Gasteiger partial charge in [-0.15, -0.1) is 0 Å². The van der Waals surface area contributed by atoms with E-state index in [0.717, 1.165) is 35.2 Å². The molecule has 4 aromatic carbocycles. The van der Waals surface area contributed by atoms with Crippen LogP contribution in [0, 0.1) is 0 Å². The molecule has 144 valence electrons. The third kappa shape index (κ3) is 5.63. The Morgan fingerprint density at radius 2 is 0.828 bits per heavy atom. The Hall–Kier alpha value is -3.72. The lowest BCUT2D eigenvalue weighted by atomic mass is 10.1. The van der Waals surface area contributed by atoms with Crippen molar-refractivity contribution in [1.82, 2.24) is 0 Å². The van der Waals surface area contributed by atoms with Gasteiger partial charge in [-0.2, -0.15) is 0 Å². The molecule has 0 radical (unpaired) electrons. The molecule has 0 saturated heterocycles. The fraction of sp³-hybridized carbons (Fsp3) is 0.0769. The molecule has 0 atom stereocenters.